The van der Waals surface area contributed by atoms with Gasteiger partial charge in [-0.1, -0.05) is 48.5 Å². The highest BCUT2D eigenvalue weighted by atomic mass is 15.3. The van der Waals surface area contributed by atoms with Crippen molar-refractivity contribution in [3.05, 3.63) is 78.0 Å². The highest BCUT2D eigenvalue weighted by Crippen LogP contribution is 2.27. The number of anilines is 3. The fourth-order valence-electron chi connectivity index (χ4n) is 3.51. The number of para-hydroxylation sites is 1. The first kappa shape index (κ1) is 18.4. The molecule has 3 aromatic rings. The molecule has 0 atom stereocenters. The van der Waals surface area contributed by atoms with Gasteiger partial charge in [0.05, 0.1) is 6.54 Å². The highest BCUT2D eigenvalue weighted by molar-refractivity contribution is 5.59. The number of rotatable bonds is 5. The second kappa shape index (κ2) is 8.40. The van der Waals surface area contributed by atoms with E-state index in [2.05, 4.69) is 83.3 Å². The maximum Gasteiger partial charge on any atom is 0.232 e. The topological polar surface area (TPSA) is 35.5 Å². The van der Waals surface area contributed by atoms with Crippen LogP contribution in [0.15, 0.2) is 66.7 Å². The molecule has 1 aromatic heterocycles. The predicted octanol–water partition coefficient (Wildman–Crippen LogP) is 3.88. The molecule has 0 spiro atoms. The van der Waals surface area contributed by atoms with Crippen molar-refractivity contribution >= 4 is 17.5 Å². The lowest BCUT2D eigenvalue weighted by atomic mass is 10.2. The maximum absolute atomic E-state index is 4.98. The molecular weight excluding hydrogens is 346 g/mol. The Morgan fingerprint density at radius 1 is 0.857 bits per heavy atom. The number of hydrogen-bond acceptors (Lipinski definition) is 5. The molecule has 5 heteroatoms. The lowest BCUT2D eigenvalue weighted by Crippen LogP contribution is -2.45. The van der Waals surface area contributed by atoms with Crippen LogP contribution in [0, 0.1) is 6.92 Å². The van der Waals surface area contributed by atoms with Crippen molar-refractivity contribution in [2.75, 3.05) is 43.0 Å². The maximum atomic E-state index is 4.98. The van der Waals surface area contributed by atoms with Gasteiger partial charge in [0.2, 0.25) is 5.95 Å². The minimum absolute atomic E-state index is 0.733. The third-order valence-corrected chi connectivity index (χ3v) is 5.15. The zero-order valence-electron chi connectivity index (χ0n) is 16.6. The first-order chi connectivity index (χ1) is 13.7. The monoisotopic (exact) mass is 373 g/mol. The zero-order chi connectivity index (χ0) is 19.3. The molecule has 1 fully saturated rings. The smallest absolute Gasteiger partial charge is 0.232 e. The van der Waals surface area contributed by atoms with E-state index in [9.17, 15) is 0 Å². The zero-order valence-corrected chi connectivity index (χ0v) is 16.6. The average Bonchev–Trinajstić information content (AvgIpc) is 2.73. The normalized spacial score (nSPS) is 14.9. The summed E-state index contributed by atoms with van der Waals surface area (Å²) in [4.78, 5) is 16.7. The van der Waals surface area contributed by atoms with E-state index < -0.39 is 0 Å². The van der Waals surface area contributed by atoms with Gasteiger partial charge in [0, 0.05) is 43.6 Å². The van der Waals surface area contributed by atoms with Gasteiger partial charge in [0.25, 0.3) is 0 Å². The molecule has 1 aliphatic rings. The summed E-state index contributed by atoms with van der Waals surface area (Å²) in [5.74, 6) is 1.77. The van der Waals surface area contributed by atoms with E-state index in [0.29, 0.717) is 0 Å². The van der Waals surface area contributed by atoms with E-state index in [1.807, 2.05) is 12.1 Å². The van der Waals surface area contributed by atoms with Crippen LogP contribution in [-0.2, 0) is 6.54 Å². The predicted molar refractivity (Wildman–Crippen MR) is 115 cm³/mol. The summed E-state index contributed by atoms with van der Waals surface area (Å²) in [5.41, 5.74) is 3.33. The van der Waals surface area contributed by atoms with Gasteiger partial charge in [-0.05, 0) is 31.7 Å². The Morgan fingerprint density at radius 2 is 1.50 bits per heavy atom. The molecule has 0 unspecified atom stereocenters. The summed E-state index contributed by atoms with van der Waals surface area (Å²) in [5, 5.41) is 0. The van der Waals surface area contributed by atoms with Crippen LogP contribution in [0.1, 0.15) is 11.3 Å². The van der Waals surface area contributed by atoms with E-state index in [0.717, 1.165) is 55.9 Å². The van der Waals surface area contributed by atoms with Crippen LogP contribution in [0.4, 0.5) is 17.5 Å². The second-order valence-electron chi connectivity index (χ2n) is 7.37. The molecule has 0 amide bonds. The van der Waals surface area contributed by atoms with E-state index in [-0.39, 0.29) is 0 Å². The number of piperazine rings is 1. The van der Waals surface area contributed by atoms with Crippen LogP contribution in [0.25, 0.3) is 0 Å². The first-order valence-corrected chi connectivity index (χ1v) is 9.85. The quantitative estimate of drug-likeness (QED) is 0.678. The lowest BCUT2D eigenvalue weighted by Gasteiger charge is -2.34. The van der Waals surface area contributed by atoms with Gasteiger partial charge in [0.15, 0.2) is 0 Å². The standard InChI is InChI=1S/C23H27N5/c1-19-17-22(27-15-13-26(2)14-16-27)25-23(24-19)28(21-11-7-4-8-12-21)18-20-9-5-3-6-10-20/h3-12,17H,13-16,18H2,1-2H3. The van der Waals surface area contributed by atoms with Crippen molar-refractivity contribution in [1.82, 2.24) is 14.9 Å². The van der Waals surface area contributed by atoms with Crippen LogP contribution in [0.3, 0.4) is 0 Å². The van der Waals surface area contributed by atoms with Gasteiger partial charge in [-0.15, -0.1) is 0 Å². The molecule has 4 rings (SSSR count). The van der Waals surface area contributed by atoms with Crippen LogP contribution in [0.5, 0.6) is 0 Å². The number of aromatic nitrogens is 2. The Balaban J connectivity index is 1.69. The Labute approximate surface area is 167 Å². The largest absolute Gasteiger partial charge is 0.354 e. The number of hydrogen-bond donors (Lipinski definition) is 0. The summed E-state index contributed by atoms with van der Waals surface area (Å²) in [6, 6.07) is 23.0. The van der Waals surface area contributed by atoms with E-state index in [1.165, 1.54) is 5.56 Å². The van der Waals surface area contributed by atoms with Gasteiger partial charge in [-0.3, -0.25) is 0 Å². The molecule has 5 nitrogen and oxygen atoms in total. The lowest BCUT2D eigenvalue weighted by molar-refractivity contribution is 0.312. The summed E-state index contributed by atoms with van der Waals surface area (Å²) < 4.78 is 0. The van der Waals surface area contributed by atoms with Crippen molar-refractivity contribution in [3.63, 3.8) is 0 Å². The molecule has 2 aromatic carbocycles. The number of likely N-dealkylation sites (N-methyl/N-ethyl adjacent to an activating group) is 1. The Hall–Kier alpha value is -2.92. The number of nitrogens with zero attached hydrogens (tertiary/aromatic N) is 5. The molecule has 1 saturated heterocycles. The first-order valence-electron chi connectivity index (χ1n) is 9.85. The Kier molecular flexibility index (Phi) is 5.53. The molecule has 0 saturated carbocycles. The fraction of sp³-hybridized carbons (Fsp3) is 0.304. The molecule has 2 heterocycles. The minimum Gasteiger partial charge on any atom is -0.354 e. The Morgan fingerprint density at radius 3 is 2.18 bits per heavy atom. The van der Waals surface area contributed by atoms with E-state index in [1.54, 1.807) is 0 Å². The summed E-state index contributed by atoms with van der Waals surface area (Å²) in [6.45, 7) is 6.90. The molecule has 1 aliphatic heterocycles. The molecule has 144 valence electrons. The van der Waals surface area contributed by atoms with E-state index >= 15 is 0 Å². The third-order valence-electron chi connectivity index (χ3n) is 5.15. The van der Waals surface area contributed by atoms with Gasteiger partial charge in [-0.25, -0.2) is 4.98 Å². The van der Waals surface area contributed by atoms with Gasteiger partial charge in [0.1, 0.15) is 5.82 Å². The Bertz CT molecular complexity index is 889. The fourth-order valence-corrected chi connectivity index (χ4v) is 3.51. The molecule has 28 heavy (non-hydrogen) atoms. The van der Waals surface area contributed by atoms with Crippen LogP contribution in [-0.4, -0.2) is 48.1 Å². The van der Waals surface area contributed by atoms with Gasteiger partial charge < -0.3 is 14.7 Å². The van der Waals surface area contributed by atoms with Crippen molar-refractivity contribution in [3.8, 4) is 0 Å². The van der Waals surface area contributed by atoms with Crippen molar-refractivity contribution in [1.29, 1.82) is 0 Å². The van der Waals surface area contributed by atoms with Crippen LogP contribution >= 0.6 is 0 Å². The number of aryl methyl sites for hydroxylation is 1. The molecule has 0 N–H and O–H groups in total. The second-order valence-corrected chi connectivity index (χ2v) is 7.37. The highest BCUT2D eigenvalue weighted by Gasteiger charge is 2.19. The summed E-state index contributed by atoms with van der Waals surface area (Å²) >= 11 is 0. The third kappa shape index (κ3) is 4.31. The summed E-state index contributed by atoms with van der Waals surface area (Å²) in [7, 11) is 2.17. The molecular formula is C23H27N5. The van der Waals surface area contributed by atoms with Crippen molar-refractivity contribution in [2.45, 2.75) is 13.5 Å². The SMILES string of the molecule is Cc1cc(N2CCN(C)CC2)nc(N(Cc2ccccc2)c2ccccc2)n1. The van der Waals surface area contributed by atoms with Crippen LogP contribution in [0.2, 0.25) is 0 Å². The number of benzene rings is 2. The van der Waals surface area contributed by atoms with Crippen molar-refractivity contribution < 1.29 is 0 Å². The molecule has 0 bridgehead atoms. The van der Waals surface area contributed by atoms with Gasteiger partial charge in [-0.2, -0.15) is 4.98 Å². The summed E-state index contributed by atoms with van der Waals surface area (Å²) in [6.07, 6.45) is 0. The molecule has 0 aliphatic carbocycles. The average molecular weight is 374 g/mol. The molecule has 0 radical (unpaired) electrons. The van der Waals surface area contributed by atoms with Gasteiger partial charge >= 0.3 is 0 Å². The van der Waals surface area contributed by atoms with E-state index in [4.69, 9.17) is 9.97 Å². The minimum atomic E-state index is 0.733. The van der Waals surface area contributed by atoms with Crippen molar-refractivity contribution in [2.24, 2.45) is 0 Å². The van der Waals surface area contributed by atoms with Crippen LogP contribution < -0.4 is 9.80 Å².